The zero-order valence-corrected chi connectivity index (χ0v) is 25.3. The maximum absolute atomic E-state index is 13.5. The van der Waals surface area contributed by atoms with Gasteiger partial charge in [-0.05, 0) is 113 Å². The van der Waals surface area contributed by atoms with E-state index in [-0.39, 0.29) is 6.42 Å². The fourth-order valence-corrected chi connectivity index (χ4v) is 6.99. The first kappa shape index (κ1) is 28.4. The van der Waals surface area contributed by atoms with Crippen molar-refractivity contribution in [3.8, 4) is 21.7 Å². The molecule has 0 aliphatic rings. The van der Waals surface area contributed by atoms with Gasteiger partial charge in [-0.2, -0.15) is 13.2 Å². The molecular weight excluding hydrogens is 523 g/mol. The molecule has 208 valence electrons. The van der Waals surface area contributed by atoms with Gasteiger partial charge in [-0.15, -0.1) is 11.3 Å². The molecule has 2 heterocycles. The van der Waals surface area contributed by atoms with Crippen LogP contribution in [0, 0.1) is 33.1 Å². The molecule has 0 unspecified atom stereocenters. The van der Waals surface area contributed by atoms with Crippen molar-refractivity contribution in [2.75, 3.05) is 0 Å². The van der Waals surface area contributed by atoms with Crippen LogP contribution in [0.25, 0.3) is 42.6 Å². The lowest BCUT2D eigenvalue weighted by Crippen LogP contribution is -2.34. The summed E-state index contributed by atoms with van der Waals surface area (Å²) in [4.78, 5) is 6.01. The first-order valence-electron chi connectivity index (χ1n) is 13.8. The number of thiophene rings is 1. The maximum atomic E-state index is 13.5. The van der Waals surface area contributed by atoms with E-state index in [1.165, 1.54) is 46.9 Å². The van der Waals surface area contributed by atoms with Crippen LogP contribution in [0.4, 0.5) is 13.2 Å². The summed E-state index contributed by atoms with van der Waals surface area (Å²) in [5.74, 6) is 0.368. The summed E-state index contributed by atoms with van der Waals surface area (Å²) in [6.07, 6.45) is -2.41. The molecule has 5 heteroatoms. The molecular formula is C35H36F3NS. The van der Waals surface area contributed by atoms with Gasteiger partial charge < -0.3 is 0 Å². The van der Waals surface area contributed by atoms with Crippen molar-refractivity contribution in [1.29, 1.82) is 0 Å². The number of fused-ring (bicyclic) bond motifs is 2. The van der Waals surface area contributed by atoms with Gasteiger partial charge in [-0.25, -0.2) is 0 Å². The van der Waals surface area contributed by atoms with Gasteiger partial charge >= 0.3 is 6.18 Å². The maximum Gasteiger partial charge on any atom is 0.394 e. The Balaban J connectivity index is 1.63. The Hall–Kier alpha value is -3.18. The van der Waals surface area contributed by atoms with Crippen LogP contribution in [-0.4, -0.2) is 11.2 Å². The second-order valence-corrected chi connectivity index (χ2v) is 13.2. The molecule has 5 aromatic rings. The van der Waals surface area contributed by atoms with Crippen LogP contribution >= 0.6 is 11.3 Å². The summed E-state index contributed by atoms with van der Waals surface area (Å²) in [6.45, 7) is 15.4. The first-order valence-corrected chi connectivity index (χ1v) is 14.6. The molecule has 2 aromatic heterocycles. The van der Waals surface area contributed by atoms with Gasteiger partial charge in [-0.1, -0.05) is 58.0 Å². The topological polar surface area (TPSA) is 12.9 Å². The molecule has 0 bridgehead atoms. The molecule has 0 N–H and O–H groups in total. The van der Waals surface area contributed by atoms with Crippen LogP contribution in [0.1, 0.15) is 67.0 Å². The smallest absolute Gasteiger partial charge is 0.255 e. The highest BCUT2D eigenvalue weighted by Gasteiger charge is 2.47. The third kappa shape index (κ3) is 4.94. The summed E-state index contributed by atoms with van der Waals surface area (Å²) in [6, 6.07) is 16.9. The van der Waals surface area contributed by atoms with Gasteiger partial charge in [-0.3, -0.25) is 4.98 Å². The number of hydrogen-bond acceptors (Lipinski definition) is 2. The number of alkyl halides is 3. The summed E-state index contributed by atoms with van der Waals surface area (Å²) in [7, 11) is 0. The normalized spacial score (nSPS) is 12.7. The minimum Gasteiger partial charge on any atom is -0.255 e. The molecule has 0 radical (unpaired) electrons. The molecule has 0 aliphatic heterocycles. The molecule has 0 fully saturated rings. The highest BCUT2D eigenvalue weighted by atomic mass is 32.1. The first-order chi connectivity index (χ1) is 18.7. The van der Waals surface area contributed by atoms with E-state index in [2.05, 4.69) is 65.0 Å². The van der Waals surface area contributed by atoms with E-state index in [9.17, 15) is 13.2 Å². The van der Waals surface area contributed by atoms with Gasteiger partial charge in [0.2, 0.25) is 0 Å². The lowest BCUT2D eigenvalue weighted by atomic mass is 9.84. The number of nitrogens with zero attached hydrogens (tertiary/aromatic N) is 1. The zero-order valence-electron chi connectivity index (χ0n) is 24.5. The number of benzene rings is 3. The monoisotopic (exact) mass is 559 g/mol. The number of aromatic nitrogens is 1. The molecule has 0 spiro atoms. The van der Waals surface area contributed by atoms with E-state index in [1.54, 1.807) is 11.3 Å². The average molecular weight is 560 g/mol. The van der Waals surface area contributed by atoms with Crippen LogP contribution in [-0.2, 0) is 6.42 Å². The van der Waals surface area contributed by atoms with Crippen molar-refractivity contribution < 1.29 is 13.2 Å². The van der Waals surface area contributed by atoms with Crippen molar-refractivity contribution in [1.82, 2.24) is 4.98 Å². The van der Waals surface area contributed by atoms with Crippen LogP contribution in [0.15, 0.2) is 54.7 Å². The Morgan fingerprint density at radius 3 is 2.17 bits per heavy atom. The van der Waals surface area contributed by atoms with Crippen LogP contribution in [0.5, 0.6) is 0 Å². The fraction of sp³-hybridized carbons (Fsp3) is 0.343. The summed E-state index contributed by atoms with van der Waals surface area (Å²) in [5.41, 5.74) is 8.11. The highest BCUT2D eigenvalue weighted by Crippen LogP contribution is 2.45. The molecule has 0 amide bonds. The second kappa shape index (κ2) is 10.0. The largest absolute Gasteiger partial charge is 0.394 e. The Kier molecular flexibility index (Phi) is 7.11. The number of halogens is 3. The van der Waals surface area contributed by atoms with E-state index < -0.39 is 11.6 Å². The van der Waals surface area contributed by atoms with E-state index in [1.807, 2.05) is 31.3 Å². The molecule has 1 nitrogen and oxygen atoms in total. The van der Waals surface area contributed by atoms with E-state index in [4.69, 9.17) is 4.98 Å². The Bertz CT molecular complexity index is 1760. The number of hydrogen-bond donors (Lipinski definition) is 0. The third-order valence-electron chi connectivity index (χ3n) is 8.30. The quantitative estimate of drug-likeness (QED) is 0.209. The third-order valence-corrected chi connectivity index (χ3v) is 9.64. The highest BCUT2D eigenvalue weighted by molar-refractivity contribution is 7.23. The number of pyridine rings is 1. The van der Waals surface area contributed by atoms with Crippen molar-refractivity contribution in [2.24, 2.45) is 5.41 Å². The Morgan fingerprint density at radius 2 is 1.52 bits per heavy atom. The molecule has 3 aromatic carbocycles. The number of rotatable bonds is 5. The molecule has 0 aliphatic carbocycles. The van der Waals surface area contributed by atoms with Gasteiger partial charge in [0.25, 0.3) is 0 Å². The lowest BCUT2D eigenvalue weighted by Gasteiger charge is -2.28. The molecule has 0 saturated heterocycles. The second-order valence-electron chi connectivity index (χ2n) is 12.2. The summed E-state index contributed by atoms with van der Waals surface area (Å²) < 4.78 is 41.6. The van der Waals surface area contributed by atoms with Gasteiger partial charge in [0, 0.05) is 16.6 Å². The number of aryl methyl sites for hydroxylation is 4. The zero-order chi connectivity index (χ0) is 29.1. The van der Waals surface area contributed by atoms with Gasteiger partial charge in [0.05, 0.1) is 15.8 Å². The average Bonchev–Trinajstić information content (AvgIpc) is 3.19. The van der Waals surface area contributed by atoms with Gasteiger partial charge in [0.1, 0.15) is 0 Å². The predicted molar refractivity (Wildman–Crippen MR) is 165 cm³/mol. The molecule has 5 rings (SSSR count). The van der Waals surface area contributed by atoms with Crippen LogP contribution in [0.3, 0.4) is 0 Å². The Morgan fingerprint density at radius 1 is 0.825 bits per heavy atom. The van der Waals surface area contributed by atoms with Gasteiger partial charge in [0.15, 0.2) is 0 Å². The van der Waals surface area contributed by atoms with E-state index >= 15 is 0 Å². The standard InChI is InChI=1S/C35H36F3NS/c1-19(2)29-17-26(16-25-14-20(3)21(4)15-30(25)29)31-33-28(11-12-39-31)23(6)32(40-33)27-10-9-24(13-22(27)5)18-34(7,8)35(36,37)38/h9-17,19H,18H2,1-8H3. The lowest BCUT2D eigenvalue weighted by molar-refractivity contribution is -0.211. The fourth-order valence-electron chi connectivity index (χ4n) is 5.59. The Labute approximate surface area is 239 Å². The minimum absolute atomic E-state index is 0.0454. The van der Waals surface area contributed by atoms with E-state index in [0.29, 0.717) is 11.5 Å². The van der Waals surface area contributed by atoms with Crippen LogP contribution < -0.4 is 0 Å². The van der Waals surface area contributed by atoms with Crippen LogP contribution in [0.2, 0.25) is 0 Å². The molecule has 0 atom stereocenters. The summed E-state index contributed by atoms with van der Waals surface area (Å²) in [5, 5.41) is 3.68. The van der Waals surface area contributed by atoms with E-state index in [0.717, 1.165) is 37.3 Å². The minimum atomic E-state index is -4.25. The summed E-state index contributed by atoms with van der Waals surface area (Å²) >= 11 is 1.72. The molecule has 40 heavy (non-hydrogen) atoms. The van der Waals surface area contributed by atoms with Crippen molar-refractivity contribution in [2.45, 2.75) is 73.9 Å². The van der Waals surface area contributed by atoms with Crippen molar-refractivity contribution in [3.63, 3.8) is 0 Å². The SMILES string of the molecule is Cc1cc2cc(-c3nccc4c(C)c(-c5ccc(CC(C)(C)C(F)(F)F)cc5C)sc34)cc(C(C)C)c2cc1C. The van der Waals surface area contributed by atoms with Crippen molar-refractivity contribution in [3.05, 3.63) is 88.1 Å². The molecule has 0 saturated carbocycles. The predicted octanol–water partition coefficient (Wildman–Crippen LogP) is 11.3. The van der Waals surface area contributed by atoms with Crippen molar-refractivity contribution >= 4 is 32.2 Å².